The molecule has 7 nitrogen and oxygen atoms in total. The van der Waals surface area contributed by atoms with Crippen LogP contribution in [0, 0.1) is 0 Å². The van der Waals surface area contributed by atoms with E-state index in [1.807, 2.05) is 11.6 Å². The molecule has 0 unspecified atom stereocenters. The molecular formula is C13H15N5O2S. The lowest BCUT2D eigenvalue weighted by molar-refractivity contribution is 0.0690. The summed E-state index contributed by atoms with van der Waals surface area (Å²) in [4.78, 5) is 25.3. The molecule has 0 radical (unpaired) electrons. The van der Waals surface area contributed by atoms with Crippen molar-refractivity contribution in [2.24, 2.45) is 0 Å². The molecule has 3 rings (SSSR count). The van der Waals surface area contributed by atoms with Crippen molar-refractivity contribution >= 4 is 28.3 Å². The first kappa shape index (κ1) is 13.7. The second-order valence-corrected chi connectivity index (χ2v) is 5.69. The Balaban J connectivity index is 1.54. The van der Waals surface area contributed by atoms with Crippen molar-refractivity contribution in [3.8, 4) is 0 Å². The van der Waals surface area contributed by atoms with E-state index in [2.05, 4.69) is 25.2 Å². The van der Waals surface area contributed by atoms with Crippen LogP contribution in [0.5, 0.6) is 0 Å². The summed E-state index contributed by atoms with van der Waals surface area (Å²) in [7, 11) is 0. The third kappa shape index (κ3) is 3.27. The van der Waals surface area contributed by atoms with Gasteiger partial charge in [0.15, 0.2) is 10.8 Å². The van der Waals surface area contributed by atoms with E-state index in [1.165, 1.54) is 12.4 Å². The summed E-state index contributed by atoms with van der Waals surface area (Å²) in [6, 6.07) is 0.325. The minimum Gasteiger partial charge on any atom is -0.476 e. The van der Waals surface area contributed by atoms with Gasteiger partial charge in [-0.2, -0.15) is 0 Å². The van der Waals surface area contributed by atoms with E-state index in [9.17, 15) is 4.79 Å². The number of thiazole rings is 1. The average molecular weight is 305 g/mol. The van der Waals surface area contributed by atoms with Gasteiger partial charge in [0.25, 0.3) is 0 Å². The first-order valence-electron chi connectivity index (χ1n) is 6.68. The zero-order valence-corrected chi connectivity index (χ0v) is 12.1. The number of rotatable bonds is 4. The van der Waals surface area contributed by atoms with Crippen molar-refractivity contribution in [3.63, 3.8) is 0 Å². The van der Waals surface area contributed by atoms with Crippen LogP contribution in [0.1, 0.15) is 23.3 Å². The van der Waals surface area contributed by atoms with Crippen molar-refractivity contribution in [1.29, 1.82) is 0 Å². The quantitative estimate of drug-likeness (QED) is 0.888. The summed E-state index contributed by atoms with van der Waals surface area (Å²) >= 11 is 1.66. The predicted molar refractivity (Wildman–Crippen MR) is 80.0 cm³/mol. The third-order valence-electron chi connectivity index (χ3n) is 3.41. The Morgan fingerprint density at radius 2 is 2.10 bits per heavy atom. The summed E-state index contributed by atoms with van der Waals surface area (Å²) < 4.78 is 0. The van der Waals surface area contributed by atoms with Crippen molar-refractivity contribution < 1.29 is 9.90 Å². The summed E-state index contributed by atoms with van der Waals surface area (Å²) in [6.45, 7) is 1.90. The molecule has 1 aliphatic rings. The lowest BCUT2D eigenvalue weighted by atomic mass is 10.1. The molecule has 21 heavy (non-hydrogen) atoms. The number of carboxylic acid groups (broad SMARTS) is 1. The van der Waals surface area contributed by atoms with E-state index in [4.69, 9.17) is 5.11 Å². The maximum atomic E-state index is 10.7. The number of carboxylic acids is 1. The van der Waals surface area contributed by atoms with Gasteiger partial charge in [0.1, 0.15) is 5.82 Å². The van der Waals surface area contributed by atoms with Gasteiger partial charge in [0.2, 0.25) is 0 Å². The van der Waals surface area contributed by atoms with Crippen molar-refractivity contribution in [3.05, 3.63) is 29.7 Å². The van der Waals surface area contributed by atoms with Crippen LogP contribution in [0.25, 0.3) is 0 Å². The van der Waals surface area contributed by atoms with E-state index >= 15 is 0 Å². The number of anilines is 2. The highest BCUT2D eigenvalue weighted by molar-refractivity contribution is 7.13. The van der Waals surface area contributed by atoms with E-state index in [-0.39, 0.29) is 5.69 Å². The normalized spacial score (nSPS) is 15.9. The van der Waals surface area contributed by atoms with Crippen molar-refractivity contribution in [2.45, 2.75) is 18.9 Å². The van der Waals surface area contributed by atoms with Gasteiger partial charge < -0.3 is 15.3 Å². The van der Waals surface area contributed by atoms with Crippen LogP contribution in [0.3, 0.4) is 0 Å². The third-order valence-corrected chi connectivity index (χ3v) is 4.24. The number of aromatic nitrogens is 3. The number of aromatic carboxylic acids is 1. The Bertz CT molecular complexity index is 594. The SMILES string of the molecule is O=C(O)c1cnc(NC2CCN(c3nccs3)CC2)cn1. The van der Waals surface area contributed by atoms with E-state index in [0.717, 1.165) is 31.1 Å². The van der Waals surface area contributed by atoms with Crippen LogP contribution in [0.15, 0.2) is 24.0 Å². The monoisotopic (exact) mass is 305 g/mol. The zero-order chi connectivity index (χ0) is 14.7. The topological polar surface area (TPSA) is 91.2 Å². The molecule has 0 aromatic carbocycles. The lowest BCUT2D eigenvalue weighted by Gasteiger charge is -2.32. The Kier molecular flexibility index (Phi) is 3.96. The fourth-order valence-electron chi connectivity index (χ4n) is 2.31. The average Bonchev–Trinajstić information content (AvgIpc) is 3.03. The Morgan fingerprint density at radius 3 is 2.67 bits per heavy atom. The van der Waals surface area contributed by atoms with Crippen LogP contribution < -0.4 is 10.2 Å². The van der Waals surface area contributed by atoms with E-state index in [0.29, 0.717) is 11.9 Å². The smallest absolute Gasteiger partial charge is 0.356 e. The Morgan fingerprint density at radius 1 is 1.29 bits per heavy atom. The van der Waals surface area contributed by atoms with Gasteiger partial charge in [0.05, 0.1) is 12.4 Å². The molecule has 0 saturated carbocycles. The first-order valence-corrected chi connectivity index (χ1v) is 7.56. The highest BCUT2D eigenvalue weighted by Crippen LogP contribution is 2.23. The number of nitrogens with zero attached hydrogens (tertiary/aromatic N) is 4. The van der Waals surface area contributed by atoms with Gasteiger partial charge in [-0.25, -0.2) is 19.7 Å². The highest BCUT2D eigenvalue weighted by atomic mass is 32.1. The van der Waals surface area contributed by atoms with Crippen LogP contribution in [0.2, 0.25) is 0 Å². The molecule has 1 fully saturated rings. The van der Waals surface area contributed by atoms with Crippen LogP contribution >= 0.6 is 11.3 Å². The molecule has 0 spiro atoms. The fraction of sp³-hybridized carbons (Fsp3) is 0.385. The molecule has 2 N–H and O–H groups in total. The molecule has 2 aromatic rings. The van der Waals surface area contributed by atoms with Gasteiger partial charge in [0, 0.05) is 30.7 Å². The Labute approximate surface area is 125 Å². The lowest BCUT2D eigenvalue weighted by Crippen LogP contribution is -2.39. The molecule has 110 valence electrons. The second-order valence-electron chi connectivity index (χ2n) is 4.81. The molecule has 2 aromatic heterocycles. The van der Waals surface area contributed by atoms with Gasteiger partial charge >= 0.3 is 5.97 Å². The van der Waals surface area contributed by atoms with E-state index in [1.54, 1.807) is 11.3 Å². The van der Waals surface area contributed by atoms with Crippen LogP contribution in [-0.2, 0) is 0 Å². The van der Waals surface area contributed by atoms with Crippen LogP contribution in [0.4, 0.5) is 10.9 Å². The van der Waals surface area contributed by atoms with E-state index < -0.39 is 5.97 Å². The highest BCUT2D eigenvalue weighted by Gasteiger charge is 2.21. The summed E-state index contributed by atoms with van der Waals surface area (Å²) in [5.74, 6) is -0.446. The predicted octanol–water partition coefficient (Wildman–Crippen LogP) is 1.71. The van der Waals surface area contributed by atoms with Gasteiger partial charge in [-0.05, 0) is 12.8 Å². The minimum absolute atomic E-state index is 0.0425. The number of piperidine rings is 1. The molecule has 0 amide bonds. The van der Waals surface area contributed by atoms with Gasteiger partial charge in [-0.1, -0.05) is 0 Å². The Hall–Kier alpha value is -2.22. The first-order chi connectivity index (χ1) is 10.2. The molecule has 1 saturated heterocycles. The molecular weight excluding hydrogens is 290 g/mol. The number of carbonyl (C=O) groups is 1. The van der Waals surface area contributed by atoms with Gasteiger partial charge in [-0.3, -0.25) is 0 Å². The molecule has 0 atom stereocenters. The summed E-state index contributed by atoms with van der Waals surface area (Å²) in [6.07, 6.45) is 6.54. The summed E-state index contributed by atoms with van der Waals surface area (Å²) in [5.41, 5.74) is -0.0425. The molecule has 1 aliphatic heterocycles. The molecule has 0 bridgehead atoms. The zero-order valence-electron chi connectivity index (χ0n) is 11.3. The molecule has 0 aliphatic carbocycles. The second kappa shape index (κ2) is 6.04. The standard InChI is InChI=1S/C13H15N5O2S/c19-12(20)10-7-16-11(8-15-10)17-9-1-4-18(5-2-9)13-14-3-6-21-13/h3,6-9H,1-2,4-5H2,(H,16,17)(H,19,20). The minimum atomic E-state index is -1.06. The largest absolute Gasteiger partial charge is 0.476 e. The van der Waals surface area contributed by atoms with Crippen molar-refractivity contribution in [2.75, 3.05) is 23.3 Å². The maximum absolute atomic E-state index is 10.7. The number of hydrogen-bond acceptors (Lipinski definition) is 7. The molecule has 8 heteroatoms. The maximum Gasteiger partial charge on any atom is 0.356 e. The summed E-state index contributed by atoms with van der Waals surface area (Å²) in [5, 5.41) is 15.1. The van der Waals surface area contributed by atoms with Crippen molar-refractivity contribution in [1.82, 2.24) is 15.0 Å². The number of nitrogens with one attached hydrogen (secondary N) is 1. The van der Waals surface area contributed by atoms with Crippen LogP contribution in [-0.4, -0.2) is 45.2 Å². The number of hydrogen-bond donors (Lipinski definition) is 2. The molecule has 3 heterocycles. The van der Waals surface area contributed by atoms with Gasteiger partial charge in [-0.15, -0.1) is 11.3 Å². The fourth-order valence-corrected chi connectivity index (χ4v) is 3.01.